The summed E-state index contributed by atoms with van der Waals surface area (Å²) in [6.45, 7) is 6.27. The van der Waals surface area contributed by atoms with E-state index in [-0.39, 0.29) is 29.7 Å². The van der Waals surface area contributed by atoms with E-state index in [1.165, 1.54) is 0 Å². The predicted octanol–water partition coefficient (Wildman–Crippen LogP) is 3.67. The second kappa shape index (κ2) is 12.3. The van der Waals surface area contributed by atoms with E-state index in [1.54, 1.807) is 25.3 Å². The highest BCUT2D eigenvalue weighted by Gasteiger charge is 2.06. The molecule has 2 aromatic carbocycles. The molecular weight excluding hydrogens is 457 g/mol. The number of hydrogen-bond donors (Lipinski definition) is 3. The van der Waals surface area contributed by atoms with E-state index in [4.69, 9.17) is 9.47 Å². The Morgan fingerprint density at radius 2 is 1.85 bits per heavy atom. The summed E-state index contributed by atoms with van der Waals surface area (Å²) >= 11 is 0. The van der Waals surface area contributed by atoms with Gasteiger partial charge in [0, 0.05) is 24.2 Å². The molecule has 7 heteroatoms. The molecule has 0 aromatic heterocycles. The van der Waals surface area contributed by atoms with Crippen molar-refractivity contribution >= 4 is 29.9 Å². The van der Waals surface area contributed by atoms with Gasteiger partial charge in [0.1, 0.15) is 17.2 Å². The molecule has 0 aliphatic carbocycles. The van der Waals surface area contributed by atoms with Crippen LogP contribution in [0.1, 0.15) is 25.0 Å². The van der Waals surface area contributed by atoms with Crippen LogP contribution in [0.15, 0.2) is 47.5 Å². The second-order valence-electron chi connectivity index (χ2n) is 5.58. The van der Waals surface area contributed by atoms with Gasteiger partial charge in [-0.05, 0) is 38.1 Å². The zero-order valence-corrected chi connectivity index (χ0v) is 18.3. The molecule has 0 amide bonds. The number of rotatable bonds is 8. The normalized spacial score (nSPS) is 10.7. The molecule has 0 saturated carbocycles. The summed E-state index contributed by atoms with van der Waals surface area (Å²) in [6.07, 6.45) is 0. The minimum atomic E-state index is 0. The molecule has 148 valence electrons. The summed E-state index contributed by atoms with van der Waals surface area (Å²) in [5.41, 5.74) is 1.76. The molecule has 2 rings (SSSR count). The minimum Gasteiger partial charge on any atom is -0.508 e. The van der Waals surface area contributed by atoms with Crippen LogP contribution >= 0.6 is 24.0 Å². The number of halogens is 1. The van der Waals surface area contributed by atoms with Gasteiger partial charge in [-0.2, -0.15) is 0 Å². The smallest absolute Gasteiger partial charge is 0.191 e. The molecule has 6 nitrogen and oxygen atoms in total. The maximum Gasteiger partial charge on any atom is 0.191 e. The Bertz CT molecular complexity index is 738. The zero-order valence-electron chi connectivity index (χ0n) is 16.0. The first-order valence-corrected chi connectivity index (χ1v) is 8.76. The molecule has 0 radical (unpaired) electrons. The Hall–Kier alpha value is -2.16. The molecule has 0 atom stereocenters. The van der Waals surface area contributed by atoms with Crippen molar-refractivity contribution in [2.24, 2.45) is 4.99 Å². The highest BCUT2D eigenvalue weighted by atomic mass is 127. The Morgan fingerprint density at radius 1 is 1.07 bits per heavy atom. The molecule has 0 bridgehead atoms. The number of guanidine groups is 1. The largest absolute Gasteiger partial charge is 0.508 e. The summed E-state index contributed by atoms with van der Waals surface area (Å²) in [5, 5.41) is 16.5. The van der Waals surface area contributed by atoms with Crippen molar-refractivity contribution in [1.82, 2.24) is 10.6 Å². The van der Waals surface area contributed by atoms with E-state index in [0.29, 0.717) is 37.0 Å². The summed E-state index contributed by atoms with van der Waals surface area (Å²) in [6, 6.07) is 13.0. The van der Waals surface area contributed by atoms with Crippen molar-refractivity contribution < 1.29 is 14.6 Å². The van der Waals surface area contributed by atoms with Crippen LogP contribution in [0, 0.1) is 0 Å². The number of benzene rings is 2. The van der Waals surface area contributed by atoms with Crippen molar-refractivity contribution in [3.8, 4) is 17.2 Å². The standard InChI is InChI=1S/C20H27N3O3.HI/c1-4-21-20(22-13-15-8-6-7-9-19(15)26-5-2)23-14-16-12-17(25-3)10-11-18(16)24;/h6-12,24H,4-5,13-14H2,1-3H3,(H2,21,22,23);1H. The van der Waals surface area contributed by atoms with Crippen LogP contribution in [-0.2, 0) is 13.1 Å². The molecule has 0 fully saturated rings. The minimum absolute atomic E-state index is 0. The summed E-state index contributed by atoms with van der Waals surface area (Å²) in [7, 11) is 1.60. The van der Waals surface area contributed by atoms with E-state index in [2.05, 4.69) is 15.6 Å². The van der Waals surface area contributed by atoms with Crippen molar-refractivity contribution in [2.45, 2.75) is 26.9 Å². The topological polar surface area (TPSA) is 75.1 Å². The highest BCUT2D eigenvalue weighted by Crippen LogP contribution is 2.23. The molecule has 0 aliphatic rings. The van der Waals surface area contributed by atoms with Crippen molar-refractivity contribution in [3.05, 3.63) is 53.6 Å². The molecule has 27 heavy (non-hydrogen) atoms. The third-order valence-electron chi connectivity index (χ3n) is 3.76. The zero-order chi connectivity index (χ0) is 18.8. The Morgan fingerprint density at radius 3 is 2.56 bits per heavy atom. The first kappa shape index (κ1) is 22.9. The van der Waals surface area contributed by atoms with Crippen LogP contribution in [0.5, 0.6) is 17.2 Å². The van der Waals surface area contributed by atoms with Gasteiger partial charge in [0.2, 0.25) is 0 Å². The first-order valence-electron chi connectivity index (χ1n) is 8.76. The maximum absolute atomic E-state index is 9.99. The Balaban J connectivity index is 0.00000364. The van der Waals surface area contributed by atoms with Crippen LogP contribution in [0.25, 0.3) is 0 Å². The van der Waals surface area contributed by atoms with Gasteiger partial charge in [-0.15, -0.1) is 24.0 Å². The SMILES string of the molecule is CCNC(=NCc1cc(OC)ccc1O)NCc1ccccc1OCC.I. The van der Waals surface area contributed by atoms with Gasteiger partial charge in [0.25, 0.3) is 0 Å². The van der Waals surface area contributed by atoms with Crippen LogP contribution in [0.3, 0.4) is 0 Å². The lowest BCUT2D eigenvalue weighted by Crippen LogP contribution is -2.36. The molecule has 0 saturated heterocycles. The highest BCUT2D eigenvalue weighted by molar-refractivity contribution is 14.0. The fourth-order valence-corrected chi connectivity index (χ4v) is 2.45. The van der Waals surface area contributed by atoms with Crippen LogP contribution < -0.4 is 20.1 Å². The van der Waals surface area contributed by atoms with Gasteiger partial charge in [-0.1, -0.05) is 18.2 Å². The van der Waals surface area contributed by atoms with Crippen molar-refractivity contribution in [3.63, 3.8) is 0 Å². The number of aromatic hydroxyl groups is 1. The fraction of sp³-hybridized carbons (Fsp3) is 0.350. The van der Waals surface area contributed by atoms with Gasteiger partial charge in [0.05, 0.1) is 20.3 Å². The monoisotopic (exact) mass is 485 g/mol. The molecule has 0 heterocycles. The lowest BCUT2D eigenvalue weighted by molar-refractivity contribution is 0.336. The van der Waals surface area contributed by atoms with E-state index in [0.717, 1.165) is 17.9 Å². The summed E-state index contributed by atoms with van der Waals surface area (Å²) in [4.78, 5) is 4.55. The number of para-hydroxylation sites is 1. The number of hydrogen-bond acceptors (Lipinski definition) is 4. The Labute approximate surface area is 178 Å². The number of nitrogens with zero attached hydrogens (tertiary/aromatic N) is 1. The van der Waals surface area contributed by atoms with Gasteiger partial charge < -0.3 is 25.2 Å². The number of methoxy groups -OCH3 is 1. The molecule has 2 aromatic rings. The number of nitrogens with one attached hydrogen (secondary N) is 2. The lowest BCUT2D eigenvalue weighted by atomic mass is 10.2. The van der Waals surface area contributed by atoms with E-state index >= 15 is 0 Å². The summed E-state index contributed by atoms with van der Waals surface area (Å²) < 4.78 is 10.9. The van der Waals surface area contributed by atoms with Gasteiger partial charge in [0.15, 0.2) is 5.96 Å². The van der Waals surface area contributed by atoms with Gasteiger partial charge in [-0.3, -0.25) is 0 Å². The molecule has 0 unspecified atom stereocenters. The molecule has 0 aliphatic heterocycles. The predicted molar refractivity (Wildman–Crippen MR) is 119 cm³/mol. The molecular formula is C20H28IN3O3. The van der Waals surface area contributed by atoms with Crippen molar-refractivity contribution in [1.29, 1.82) is 0 Å². The van der Waals surface area contributed by atoms with Gasteiger partial charge in [-0.25, -0.2) is 4.99 Å². The number of aliphatic imine (C=N–C) groups is 1. The Kier molecular flexibility index (Phi) is 10.4. The van der Waals surface area contributed by atoms with E-state index in [1.807, 2.05) is 38.1 Å². The molecule has 0 spiro atoms. The number of ether oxygens (including phenoxy) is 2. The third kappa shape index (κ3) is 7.16. The van der Waals surface area contributed by atoms with Gasteiger partial charge >= 0.3 is 0 Å². The average molecular weight is 485 g/mol. The lowest BCUT2D eigenvalue weighted by Gasteiger charge is -2.14. The fourth-order valence-electron chi connectivity index (χ4n) is 2.45. The van der Waals surface area contributed by atoms with E-state index < -0.39 is 0 Å². The van der Waals surface area contributed by atoms with Crippen LogP contribution in [0.4, 0.5) is 0 Å². The second-order valence-corrected chi connectivity index (χ2v) is 5.58. The quantitative estimate of drug-likeness (QED) is 0.302. The average Bonchev–Trinajstić information content (AvgIpc) is 2.66. The maximum atomic E-state index is 9.99. The van der Waals surface area contributed by atoms with Crippen LogP contribution in [0.2, 0.25) is 0 Å². The third-order valence-corrected chi connectivity index (χ3v) is 3.76. The van der Waals surface area contributed by atoms with E-state index in [9.17, 15) is 5.11 Å². The first-order chi connectivity index (χ1) is 12.7. The van der Waals surface area contributed by atoms with Crippen molar-refractivity contribution in [2.75, 3.05) is 20.3 Å². The van der Waals surface area contributed by atoms with Crippen LogP contribution in [-0.4, -0.2) is 31.3 Å². The number of phenols is 1. The number of phenolic OH excluding ortho intramolecular Hbond substituents is 1. The molecule has 3 N–H and O–H groups in total. The summed E-state index contributed by atoms with van der Waals surface area (Å²) in [5.74, 6) is 2.42.